The van der Waals surface area contributed by atoms with Crippen molar-refractivity contribution in [2.24, 2.45) is 5.73 Å². The Balaban J connectivity index is 2.68. The summed E-state index contributed by atoms with van der Waals surface area (Å²) in [7, 11) is 0. The van der Waals surface area contributed by atoms with Gasteiger partial charge >= 0.3 is 0 Å². The first-order chi connectivity index (χ1) is 8.49. The number of thioether (sulfide) groups is 1. The molecule has 0 unspecified atom stereocenters. The zero-order chi connectivity index (χ0) is 13.6. The van der Waals surface area contributed by atoms with Gasteiger partial charge in [-0.1, -0.05) is 32.9 Å². The highest BCUT2D eigenvalue weighted by Gasteiger charge is 2.20. The predicted octanol–water partition coefficient (Wildman–Crippen LogP) is 2.15. The lowest BCUT2D eigenvalue weighted by molar-refractivity contribution is -0.119. The molecule has 0 bridgehead atoms. The molecule has 1 aromatic carbocycles. The van der Waals surface area contributed by atoms with Crippen LogP contribution in [0.25, 0.3) is 0 Å². The molecule has 4 heteroatoms. The fourth-order valence-electron chi connectivity index (χ4n) is 1.66. The van der Waals surface area contributed by atoms with Crippen LogP contribution in [0.15, 0.2) is 29.2 Å². The number of benzene rings is 1. The van der Waals surface area contributed by atoms with Crippen molar-refractivity contribution >= 4 is 17.7 Å². The highest BCUT2D eigenvalue weighted by atomic mass is 32.2. The van der Waals surface area contributed by atoms with Crippen LogP contribution in [0.4, 0.5) is 0 Å². The highest BCUT2D eigenvalue weighted by Crippen LogP contribution is 2.25. The molecule has 1 rings (SSSR count). The average Bonchev–Trinajstić information content (AvgIpc) is 2.37. The lowest BCUT2D eigenvalue weighted by Gasteiger charge is -2.25. The predicted molar refractivity (Wildman–Crippen MR) is 77.9 cm³/mol. The van der Waals surface area contributed by atoms with Crippen molar-refractivity contribution in [1.29, 1.82) is 0 Å². The maximum absolute atomic E-state index is 11.2. The summed E-state index contributed by atoms with van der Waals surface area (Å²) >= 11 is 1.83. The van der Waals surface area contributed by atoms with Gasteiger partial charge in [-0.05, 0) is 23.4 Å². The fraction of sp³-hybridized carbons (Fsp3) is 0.500. The molecule has 100 valence electrons. The van der Waals surface area contributed by atoms with E-state index in [1.807, 2.05) is 11.8 Å². The summed E-state index contributed by atoms with van der Waals surface area (Å²) in [6, 6.07) is 8.53. The fourth-order valence-corrected chi connectivity index (χ4v) is 2.32. The number of nitrogens with one attached hydrogen (secondary N) is 1. The van der Waals surface area contributed by atoms with Crippen LogP contribution in [0, 0.1) is 0 Å². The molecule has 0 aliphatic rings. The minimum atomic E-state index is -0.110. The van der Waals surface area contributed by atoms with Gasteiger partial charge < -0.3 is 11.1 Å². The van der Waals surface area contributed by atoms with E-state index in [-0.39, 0.29) is 17.9 Å². The lowest BCUT2D eigenvalue weighted by atomic mass is 9.84. The second kappa shape index (κ2) is 6.81. The number of carbonyl (C=O) groups is 1. The molecule has 3 N–H and O–H groups in total. The Morgan fingerprint density at radius 3 is 2.44 bits per heavy atom. The average molecular weight is 266 g/mol. The van der Waals surface area contributed by atoms with E-state index in [0.717, 1.165) is 5.75 Å². The zero-order valence-electron chi connectivity index (χ0n) is 11.3. The third-order valence-corrected chi connectivity index (χ3v) is 3.75. The van der Waals surface area contributed by atoms with Crippen molar-refractivity contribution in [1.82, 2.24) is 5.32 Å². The van der Waals surface area contributed by atoms with Crippen LogP contribution in [0.1, 0.15) is 26.3 Å². The Hall–Kier alpha value is -1.00. The maximum Gasteiger partial charge on any atom is 0.233 e. The summed E-state index contributed by atoms with van der Waals surface area (Å²) in [5.74, 6) is 0.969. The summed E-state index contributed by atoms with van der Waals surface area (Å²) in [6.45, 7) is 7.02. The standard InChI is InChI=1S/C14H22N2OS/c1-4-18-12-7-5-11(6-8-12)14(2,3)10-16-13(17)9-15/h5-8H,4,9-10,15H2,1-3H3,(H,16,17). The normalized spacial score (nSPS) is 11.3. The van der Waals surface area contributed by atoms with Crippen molar-refractivity contribution in [3.63, 3.8) is 0 Å². The van der Waals surface area contributed by atoms with E-state index in [0.29, 0.717) is 6.54 Å². The monoisotopic (exact) mass is 266 g/mol. The van der Waals surface area contributed by atoms with E-state index in [9.17, 15) is 4.79 Å². The van der Waals surface area contributed by atoms with Crippen LogP contribution < -0.4 is 11.1 Å². The van der Waals surface area contributed by atoms with Crippen LogP contribution in [-0.2, 0) is 10.2 Å². The molecule has 18 heavy (non-hydrogen) atoms. The largest absolute Gasteiger partial charge is 0.354 e. The zero-order valence-corrected chi connectivity index (χ0v) is 12.1. The number of rotatable bonds is 6. The van der Waals surface area contributed by atoms with Crippen molar-refractivity contribution in [3.8, 4) is 0 Å². The van der Waals surface area contributed by atoms with E-state index in [1.165, 1.54) is 10.5 Å². The molecule has 0 spiro atoms. The summed E-state index contributed by atoms with van der Waals surface area (Å²) in [5, 5.41) is 2.84. The van der Waals surface area contributed by atoms with Crippen molar-refractivity contribution in [3.05, 3.63) is 29.8 Å². The van der Waals surface area contributed by atoms with Gasteiger partial charge in [-0.2, -0.15) is 0 Å². The molecule has 0 aliphatic heterocycles. The quantitative estimate of drug-likeness (QED) is 0.776. The van der Waals surface area contributed by atoms with Gasteiger partial charge in [0.05, 0.1) is 6.54 Å². The number of nitrogens with two attached hydrogens (primary N) is 1. The minimum Gasteiger partial charge on any atom is -0.354 e. The smallest absolute Gasteiger partial charge is 0.233 e. The molecule has 0 aromatic heterocycles. The molecule has 0 radical (unpaired) electrons. The Morgan fingerprint density at radius 1 is 1.33 bits per heavy atom. The van der Waals surface area contributed by atoms with Gasteiger partial charge in [0.2, 0.25) is 5.91 Å². The third kappa shape index (κ3) is 4.35. The van der Waals surface area contributed by atoms with Gasteiger partial charge in [0.15, 0.2) is 0 Å². The molecule has 0 aliphatic carbocycles. The molecule has 1 amide bonds. The van der Waals surface area contributed by atoms with Gasteiger partial charge in [0, 0.05) is 16.9 Å². The first kappa shape index (κ1) is 15.1. The van der Waals surface area contributed by atoms with Gasteiger partial charge in [0.1, 0.15) is 0 Å². The molecule has 0 fully saturated rings. The number of carbonyl (C=O) groups excluding carboxylic acids is 1. The third-order valence-electron chi connectivity index (χ3n) is 2.86. The van der Waals surface area contributed by atoms with E-state index >= 15 is 0 Å². The van der Waals surface area contributed by atoms with Crippen LogP contribution >= 0.6 is 11.8 Å². The first-order valence-corrected chi connectivity index (χ1v) is 7.18. The summed E-state index contributed by atoms with van der Waals surface area (Å²) < 4.78 is 0. The topological polar surface area (TPSA) is 55.1 Å². The highest BCUT2D eigenvalue weighted by molar-refractivity contribution is 7.99. The van der Waals surface area contributed by atoms with Gasteiger partial charge in [-0.3, -0.25) is 4.79 Å². The lowest BCUT2D eigenvalue weighted by Crippen LogP contribution is -2.39. The van der Waals surface area contributed by atoms with E-state index in [1.54, 1.807) is 0 Å². The number of hydrogen-bond donors (Lipinski definition) is 2. The van der Waals surface area contributed by atoms with E-state index < -0.39 is 0 Å². The maximum atomic E-state index is 11.2. The molecule has 0 saturated carbocycles. The molecular weight excluding hydrogens is 244 g/mol. The van der Waals surface area contributed by atoms with Crippen molar-refractivity contribution < 1.29 is 4.79 Å². The SMILES string of the molecule is CCSc1ccc(C(C)(C)CNC(=O)CN)cc1. The number of amides is 1. The van der Waals surface area contributed by atoms with E-state index in [4.69, 9.17) is 5.73 Å². The van der Waals surface area contributed by atoms with E-state index in [2.05, 4.69) is 50.4 Å². The Morgan fingerprint density at radius 2 is 1.94 bits per heavy atom. The van der Waals surface area contributed by atoms with Gasteiger partial charge in [-0.15, -0.1) is 11.8 Å². The molecule has 0 atom stereocenters. The summed E-state index contributed by atoms with van der Waals surface area (Å²) in [5.41, 5.74) is 6.42. The van der Waals surface area contributed by atoms with Crippen LogP contribution in [-0.4, -0.2) is 24.7 Å². The molecule has 0 heterocycles. The minimum absolute atomic E-state index is 0.0438. The number of hydrogen-bond acceptors (Lipinski definition) is 3. The summed E-state index contributed by atoms with van der Waals surface area (Å²) in [6.07, 6.45) is 0. The Bertz CT molecular complexity index is 387. The second-order valence-electron chi connectivity index (χ2n) is 4.82. The molecule has 3 nitrogen and oxygen atoms in total. The first-order valence-electron chi connectivity index (χ1n) is 6.19. The Labute approximate surface area is 114 Å². The van der Waals surface area contributed by atoms with Gasteiger partial charge in [-0.25, -0.2) is 0 Å². The Kier molecular flexibility index (Phi) is 5.69. The van der Waals surface area contributed by atoms with Crippen LogP contribution in [0.2, 0.25) is 0 Å². The van der Waals surface area contributed by atoms with Crippen LogP contribution in [0.5, 0.6) is 0 Å². The summed E-state index contributed by atoms with van der Waals surface area (Å²) in [4.78, 5) is 12.5. The van der Waals surface area contributed by atoms with Crippen molar-refractivity contribution in [2.75, 3.05) is 18.8 Å². The van der Waals surface area contributed by atoms with Crippen molar-refractivity contribution in [2.45, 2.75) is 31.1 Å². The second-order valence-corrected chi connectivity index (χ2v) is 6.16. The molecule has 0 saturated heterocycles. The molecule has 1 aromatic rings. The van der Waals surface area contributed by atoms with Crippen LogP contribution in [0.3, 0.4) is 0 Å². The van der Waals surface area contributed by atoms with Gasteiger partial charge in [0.25, 0.3) is 0 Å². The molecular formula is C14H22N2OS.